The van der Waals surface area contributed by atoms with Gasteiger partial charge >= 0.3 is 0 Å². The van der Waals surface area contributed by atoms with Crippen molar-refractivity contribution in [3.63, 3.8) is 0 Å². The van der Waals surface area contributed by atoms with Gasteiger partial charge in [-0.2, -0.15) is 0 Å². The summed E-state index contributed by atoms with van der Waals surface area (Å²) in [7, 11) is 0.418. The average molecular weight is 707 g/mol. The smallest absolute Gasteiger partial charge is 0.261 e. The average Bonchev–Trinajstić information content (AvgIpc) is 3.55. The van der Waals surface area contributed by atoms with Gasteiger partial charge in [-0.3, -0.25) is 0 Å². The topological polar surface area (TPSA) is 125 Å². The standard InChI is InChI=1S/C27H40O5Si.C11H22O5/c1-8-22(28)24(29-7)25-23(31-27(5,6)32-25)19-30-33(26(2,3)4,20-15-11-9-12-16-20)21-17-13-10-14-18-21;1-5-7(13)9(14-4)10-8(6-12)15-11(2,3)16-10/h9-18,22-25,28H,8,19H2,1-7H3;7-10,12-13H,5-6H2,1-4H3/t22-,23?,24?,25?;7-,8?,9?,10?/m00/s1. The molecule has 0 saturated carbocycles. The summed E-state index contributed by atoms with van der Waals surface area (Å²) in [6.07, 6.45) is -2.81. The van der Waals surface area contributed by atoms with Gasteiger partial charge in [0.2, 0.25) is 0 Å². The van der Waals surface area contributed by atoms with Crippen LogP contribution < -0.4 is 10.4 Å². The number of hydrogen-bond donors (Lipinski definition) is 3. The van der Waals surface area contributed by atoms with Crippen molar-refractivity contribution in [2.45, 2.75) is 141 Å². The first-order chi connectivity index (χ1) is 23.0. The van der Waals surface area contributed by atoms with Crippen molar-refractivity contribution in [1.29, 1.82) is 0 Å². The first-order valence-corrected chi connectivity index (χ1v) is 19.4. The van der Waals surface area contributed by atoms with Crippen LogP contribution in [0.2, 0.25) is 5.04 Å². The van der Waals surface area contributed by atoms with E-state index < -0.39 is 62.6 Å². The van der Waals surface area contributed by atoms with Gasteiger partial charge in [0.1, 0.15) is 36.6 Å². The molecule has 278 valence electrons. The van der Waals surface area contributed by atoms with E-state index in [-0.39, 0.29) is 17.7 Å². The van der Waals surface area contributed by atoms with Crippen molar-refractivity contribution in [3.05, 3.63) is 60.7 Å². The van der Waals surface area contributed by atoms with Crippen molar-refractivity contribution < 1.29 is 48.2 Å². The molecule has 0 radical (unpaired) electrons. The third kappa shape index (κ3) is 9.98. The number of hydrogen-bond acceptors (Lipinski definition) is 10. The van der Waals surface area contributed by atoms with Gasteiger partial charge in [-0.05, 0) is 55.9 Å². The molecule has 2 saturated heterocycles. The monoisotopic (exact) mass is 706 g/mol. The molecule has 4 rings (SSSR count). The van der Waals surface area contributed by atoms with Gasteiger partial charge in [-0.25, -0.2) is 0 Å². The first kappa shape index (κ1) is 41.7. The van der Waals surface area contributed by atoms with E-state index in [4.69, 9.17) is 32.8 Å². The Morgan fingerprint density at radius 1 is 0.694 bits per heavy atom. The molecule has 0 aliphatic carbocycles. The van der Waals surface area contributed by atoms with Crippen molar-refractivity contribution in [1.82, 2.24) is 0 Å². The third-order valence-corrected chi connectivity index (χ3v) is 14.3. The fourth-order valence-corrected chi connectivity index (χ4v) is 11.6. The summed E-state index contributed by atoms with van der Waals surface area (Å²) in [5.74, 6) is -1.53. The fourth-order valence-electron chi connectivity index (χ4n) is 7.01. The highest BCUT2D eigenvalue weighted by Gasteiger charge is 2.53. The summed E-state index contributed by atoms with van der Waals surface area (Å²) in [5.41, 5.74) is 0. The van der Waals surface area contributed by atoms with Crippen LogP contribution in [0.3, 0.4) is 0 Å². The van der Waals surface area contributed by atoms with Crippen LogP contribution in [0, 0.1) is 0 Å². The van der Waals surface area contributed by atoms with Gasteiger partial charge in [0.05, 0.1) is 25.4 Å². The van der Waals surface area contributed by atoms with E-state index in [1.165, 1.54) is 17.5 Å². The SMILES string of the molecule is CC[C@H](O)C(OC)C1OC(C)(C)OC1CO.CC[C@H](O)C(OC)C1OC(C)(C)OC1CO[Si](c1ccccc1)(c1ccccc1)C(C)(C)C. The van der Waals surface area contributed by atoms with Crippen LogP contribution in [0.15, 0.2) is 60.7 Å². The Kier molecular flexibility index (Phi) is 15.0. The zero-order chi connectivity index (χ0) is 36.6. The molecule has 2 aromatic rings. The molecule has 0 spiro atoms. The molecule has 6 unspecified atom stereocenters. The highest BCUT2D eigenvalue weighted by atomic mass is 28.4. The van der Waals surface area contributed by atoms with Gasteiger partial charge in [-0.15, -0.1) is 0 Å². The molecule has 2 aliphatic heterocycles. The largest absolute Gasteiger partial charge is 0.405 e. The Hall–Kier alpha value is -1.74. The lowest BCUT2D eigenvalue weighted by molar-refractivity contribution is -0.167. The Morgan fingerprint density at radius 2 is 1.08 bits per heavy atom. The summed E-state index contributed by atoms with van der Waals surface area (Å²) >= 11 is 0. The van der Waals surface area contributed by atoms with Crippen molar-refractivity contribution in [3.8, 4) is 0 Å². The van der Waals surface area contributed by atoms with Gasteiger partial charge < -0.3 is 48.2 Å². The Morgan fingerprint density at radius 3 is 1.43 bits per heavy atom. The van der Waals surface area contributed by atoms with E-state index in [9.17, 15) is 15.3 Å². The Labute approximate surface area is 295 Å². The second-order valence-electron chi connectivity index (χ2n) is 14.8. The predicted octanol–water partition coefficient (Wildman–Crippen LogP) is 4.15. The molecule has 0 aromatic heterocycles. The first-order valence-electron chi connectivity index (χ1n) is 17.5. The van der Waals surface area contributed by atoms with Gasteiger partial charge in [0.25, 0.3) is 8.32 Å². The highest BCUT2D eigenvalue weighted by molar-refractivity contribution is 6.99. The van der Waals surface area contributed by atoms with E-state index in [2.05, 4.69) is 69.3 Å². The third-order valence-electron chi connectivity index (χ3n) is 9.29. The maximum Gasteiger partial charge on any atom is 0.261 e. The molecule has 2 aliphatic rings. The van der Waals surface area contributed by atoms with Crippen LogP contribution in [-0.4, -0.2) is 111 Å². The molecule has 11 heteroatoms. The molecule has 2 aromatic carbocycles. The second-order valence-corrected chi connectivity index (χ2v) is 19.1. The molecule has 3 N–H and O–H groups in total. The van der Waals surface area contributed by atoms with E-state index in [0.29, 0.717) is 19.4 Å². The van der Waals surface area contributed by atoms with Crippen LogP contribution in [0.4, 0.5) is 0 Å². The normalized spacial score (nSPS) is 26.0. The van der Waals surface area contributed by atoms with Crippen LogP contribution in [0.1, 0.15) is 75.2 Å². The minimum atomic E-state index is -2.71. The molecule has 8 atom stereocenters. The quantitative estimate of drug-likeness (QED) is 0.247. The summed E-state index contributed by atoms with van der Waals surface area (Å²) in [6.45, 7) is 18.1. The van der Waals surface area contributed by atoms with Crippen molar-refractivity contribution in [2.75, 3.05) is 27.4 Å². The summed E-state index contributed by atoms with van der Waals surface area (Å²) in [4.78, 5) is 0. The molecule has 10 nitrogen and oxygen atoms in total. The van der Waals surface area contributed by atoms with E-state index in [1.807, 2.05) is 39.8 Å². The number of benzene rings is 2. The zero-order valence-electron chi connectivity index (χ0n) is 31.4. The van der Waals surface area contributed by atoms with Crippen LogP contribution >= 0.6 is 0 Å². The summed E-state index contributed by atoms with van der Waals surface area (Å²) in [5, 5.41) is 31.9. The Bertz CT molecular complexity index is 1200. The molecule has 2 heterocycles. The number of ether oxygens (including phenoxy) is 6. The lowest BCUT2D eigenvalue weighted by atomic mass is 10.0. The van der Waals surface area contributed by atoms with Crippen LogP contribution in [-0.2, 0) is 32.8 Å². The second kappa shape index (κ2) is 17.7. The van der Waals surface area contributed by atoms with Gasteiger partial charge in [-0.1, -0.05) is 95.3 Å². The van der Waals surface area contributed by atoms with E-state index in [0.717, 1.165) is 0 Å². The summed E-state index contributed by atoms with van der Waals surface area (Å²) < 4.78 is 41.7. The van der Waals surface area contributed by atoms with Crippen molar-refractivity contribution >= 4 is 18.7 Å². The minimum Gasteiger partial charge on any atom is -0.405 e. The lowest BCUT2D eigenvalue weighted by Crippen LogP contribution is -2.67. The van der Waals surface area contributed by atoms with E-state index >= 15 is 0 Å². The molecule has 0 amide bonds. The lowest BCUT2D eigenvalue weighted by Gasteiger charge is -2.43. The van der Waals surface area contributed by atoms with Crippen LogP contribution in [0.25, 0.3) is 0 Å². The molecular weight excluding hydrogens is 644 g/mol. The van der Waals surface area contributed by atoms with Crippen LogP contribution in [0.5, 0.6) is 0 Å². The minimum absolute atomic E-state index is 0.135. The molecular formula is C38H62O10Si. The number of aliphatic hydroxyl groups excluding tert-OH is 3. The number of methoxy groups -OCH3 is 2. The fraction of sp³-hybridized carbons (Fsp3) is 0.684. The van der Waals surface area contributed by atoms with Gasteiger partial charge in [0, 0.05) is 14.2 Å². The Balaban J connectivity index is 0.000000341. The molecule has 2 fully saturated rings. The number of aliphatic hydroxyl groups is 3. The highest BCUT2D eigenvalue weighted by Crippen LogP contribution is 2.39. The maximum atomic E-state index is 10.6. The van der Waals surface area contributed by atoms with Gasteiger partial charge in [0.15, 0.2) is 11.6 Å². The number of rotatable bonds is 14. The molecule has 49 heavy (non-hydrogen) atoms. The molecule has 0 bridgehead atoms. The van der Waals surface area contributed by atoms with Crippen molar-refractivity contribution in [2.24, 2.45) is 0 Å². The zero-order valence-corrected chi connectivity index (χ0v) is 32.4. The maximum absolute atomic E-state index is 10.6. The van der Waals surface area contributed by atoms with E-state index in [1.54, 1.807) is 21.0 Å². The summed E-state index contributed by atoms with van der Waals surface area (Å²) in [6, 6.07) is 21.1. The predicted molar refractivity (Wildman–Crippen MR) is 192 cm³/mol.